The summed E-state index contributed by atoms with van der Waals surface area (Å²) in [5.41, 5.74) is 2.37. The molecule has 0 spiro atoms. The summed E-state index contributed by atoms with van der Waals surface area (Å²) in [5, 5.41) is 10.8. The molecule has 9 heteroatoms. The Labute approximate surface area is 193 Å². The van der Waals surface area contributed by atoms with Crippen molar-refractivity contribution in [3.8, 4) is 5.75 Å². The van der Waals surface area contributed by atoms with Crippen LogP contribution in [0.1, 0.15) is 37.5 Å². The Morgan fingerprint density at radius 3 is 1.87 bits per heavy atom. The topological polar surface area (TPSA) is 91.3 Å². The third kappa shape index (κ3) is 11.1. The lowest BCUT2D eigenvalue weighted by Gasteiger charge is -2.23. The molecule has 0 saturated heterocycles. The van der Waals surface area contributed by atoms with Crippen LogP contribution in [0, 0.1) is 0 Å². The van der Waals surface area contributed by atoms with Crippen LogP contribution in [0.4, 0.5) is 0 Å². The van der Waals surface area contributed by atoms with Crippen molar-refractivity contribution in [2.24, 2.45) is 0 Å². The maximum absolute atomic E-state index is 11.8. The van der Waals surface area contributed by atoms with Gasteiger partial charge in [0.05, 0.1) is 24.7 Å². The van der Waals surface area contributed by atoms with Gasteiger partial charge in [0.15, 0.2) is 0 Å². The Morgan fingerprint density at radius 2 is 1.39 bits per heavy atom. The lowest BCUT2D eigenvalue weighted by Crippen LogP contribution is -2.14. The van der Waals surface area contributed by atoms with E-state index in [-0.39, 0.29) is 47.8 Å². The zero-order valence-electron chi connectivity index (χ0n) is 19.0. The second kappa shape index (κ2) is 14.6. The van der Waals surface area contributed by atoms with Crippen molar-refractivity contribution in [2.45, 2.75) is 37.7 Å². The summed E-state index contributed by atoms with van der Waals surface area (Å²) in [5.74, 6) is 1.19. The molecule has 0 aromatic heterocycles. The van der Waals surface area contributed by atoms with Gasteiger partial charge in [-0.2, -0.15) is 0 Å². The predicted octanol–water partition coefficient (Wildman–Crippen LogP) is 3.54. The molecule has 0 fully saturated rings. The zero-order valence-corrected chi connectivity index (χ0v) is 20.7. The molecule has 1 rings (SSSR count). The number of hydrogen-bond donors (Lipinski definition) is 1. The number of aromatic hydroxyl groups is 1. The monoisotopic (exact) mass is 474 g/mol. The van der Waals surface area contributed by atoms with Crippen LogP contribution < -0.4 is 0 Å². The minimum atomic E-state index is -0.309. The second-order valence-electron chi connectivity index (χ2n) is 7.81. The molecular formula is C22H34O7S2. The Bertz CT molecular complexity index is 702. The van der Waals surface area contributed by atoms with E-state index >= 15 is 0 Å². The summed E-state index contributed by atoms with van der Waals surface area (Å²) in [4.78, 5) is 23.5. The highest BCUT2D eigenvalue weighted by atomic mass is 32.2. The first kappa shape index (κ1) is 27.6. The van der Waals surface area contributed by atoms with Crippen LogP contribution in [0.25, 0.3) is 0 Å². The van der Waals surface area contributed by atoms with Gasteiger partial charge in [-0.3, -0.25) is 9.59 Å². The van der Waals surface area contributed by atoms with Gasteiger partial charge in [-0.05, 0) is 16.5 Å². The minimum absolute atomic E-state index is 0.195. The third-order valence-electron chi connectivity index (χ3n) is 4.12. The molecule has 31 heavy (non-hydrogen) atoms. The van der Waals surface area contributed by atoms with E-state index in [2.05, 4.69) is 0 Å². The molecule has 0 aliphatic rings. The van der Waals surface area contributed by atoms with Crippen LogP contribution in [-0.4, -0.2) is 69.2 Å². The Morgan fingerprint density at radius 1 is 0.871 bits per heavy atom. The highest BCUT2D eigenvalue weighted by Gasteiger charge is 2.21. The van der Waals surface area contributed by atoms with Gasteiger partial charge in [-0.25, -0.2) is 0 Å². The summed E-state index contributed by atoms with van der Waals surface area (Å²) in [7, 11) is 3.11. The fourth-order valence-electron chi connectivity index (χ4n) is 2.58. The SMILES string of the molecule is COCCOC(=O)CSCc1cc(CSCC(=O)OCCOC)c(O)c(C(C)(C)C)c1. The number of thioether (sulfide) groups is 2. The van der Waals surface area contributed by atoms with Crippen molar-refractivity contribution in [1.29, 1.82) is 0 Å². The first-order valence-electron chi connectivity index (χ1n) is 9.98. The van der Waals surface area contributed by atoms with Crippen LogP contribution in [0.15, 0.2) is 12.1 Å². The summed E-state index contributed by atoms with van der Waals surface area (Å²) in [6, 6.07) is 3.91. The number of benzene rings is 1. The molecule has 0 unspecified atom stereocenters. The largest absolute Gasteiger partial charge is 0.507 e. The van der Waals surface area contributed by atoms with E-state index < -0.39 is 0 Å². The predicted molar refractivity (Wildman–Crippen MR) is 125 cm³/mol. The van der Waals surface area contributed by atoms with E-state index in [0.717, 1.165) is 16.7 Å². The van der Waals surface area contributed by atoms with Crippen LogP contribution in [0.2, 0.25) is 0 Å². The summed E-state index contributed by atoms with van der Waals surface area (Å²) < 4.78 is 19.9. The van der Waals surface area contributed by atoms with Crippen molar-refractivity contribution in [3.63, 3.8) is 0 Å². The van der Waals surface area contributed by atoms with Crippen LogP contribution in [-0.2, 0) is 45.5 Å². The Kier molecular flexibility index (Phi) is 13.0. The molecule has 0 bridgehead atoms. The zero-order chi connectivity index (χ0) is 23.3. The number of rotatable bonds is 14. The number of carbonyl (C=O) groups excluding carboxylic acids is 2. The van der Waals surface area contributed by atoms with Gasteiger partial charge < -0.3 is 24.1 Å². The molecule has 0 amide bonds. The molecule has 1 N–H and O–H groups in total. The lowest BCUT2D eigenvalue weighted by molar-refractivity contribution is -0.142. The summed E-state index contributed by atoms with van der Waals surface area (Å²) in [6.45, 7) is 7.34. The van der Waals surface area contributed by atoms with Crippen LogP contribution in [0.3, 0.4) is 0 Å². The van der Waals surface area contributed by atoms with Gasteiger partial charge in [-0.15, -0.1) is 23.5 Å². The molecule has 7 nitrogen and oxygen atoms in total. The molecule has 0 heterocycles. The average molecular weight is 475 g/mol. The molecule has 0 saturated carbocycles. The number of phenolic OH excluding ortho intramolecular Hbond substituents is 1. The molecule has 0 radical (unpaired) electrons. The maximum Gasteiger partial charge on any atom is 0.315 e. The first-order valence-corrected chi connectivity index (χ1v) is 12.3. The molecule has 0 aliphatic carbocycles. The number of methoxy groups -OCH3 is 2. The fraction of sp³-hybridized carbons (Fsp3) is 0.636. The number of ether oxygens (including phenoxy) is 4. The van der Waals surface area contributed by atoms with Gasteiger partial charge in [0.1, 0.15) is 19.0 Å². The Balaban J connectivity index is 2.73. The van der Waals surface area contributed by atoms with Crippen LogP contribution in [0.5, 0.6) is 5.75 Å². The van der Waals surface area contributed by atoms with E-state index in [0.29, 0.717) is 24.7 Å². The molecular weight excluding hydrogens is 440 g/mol. The van der Waals surface area contributed by atoms with E-state index in [1.165, 1.54) is 23.5 Å². The quantitative estimate of drug-likeness (QED) is 0.321. The Hall–Kier alpha value is -1.42. The maximum atomic E-state index is 11.8. The minimum Gasteiger partial charge on any atom is -0.507 e. The standard InChI is InChI=1S/C22H34O7S2/c1-22(2,3)18-11-16(12-30-14-19(23)28-8-6-26-4)10-17(21(18)25)13-31-15-20(24)29-9-7-27-5/h10-11,25H,6-9,12-15H2,1-5H3. The smallest absolute Gasteiger partial charge is 0.315 e. The summed E-state index contributed by atoms with van der Waals surface area (Å²) in [6.07, 6.45) is 0. The van der Waals surface area contributed by atoms with Crippen molar-refractivity contribution in [3.05, 3.63) is 28.8 Å². The molecule has 176 valence electrons. The fourth-order valence-corrected chi connectivity index (χ4v) is 4.13. The van der Waals surface area contributed by atoms with E-state index in [1.807, 2.05) is 32.9 Å². The van der Waals surface area contributed by atoms with Gasteiger partial charge in [0.25, 0.3) is 0 Å². The molecule has 1 aromatic carbocycles. The van der Waals surface area contributed by atoms with Gasteiger partial charge in [0.2, 0.25) is 0 Å². The normalized spacial score (nSPS) is 11.4. The summed E-state index contributed by atoms with van der Waals surface area (Å²) >= 11 is 2.84. The number of carbonyl (C=O) groups is 2. The van der Waals surface area contributed by atoms with Crippen molar-refractivity contribution >= 4 is 35.5 Å². The molecule has 0 aliphatic heterocycles. The van der Waals surface area contributed by atoms with Crippen molar-refractivity contribution < 1.29 is 33.6 Å². The van der Waals surface area contributed by atoms with Crippen molar-refractivity contribution in [1.82, 2.24) is 0 Å². The van der Waals surface area contributed by atoms with E-state index in [4.69, 9.17) is 18.9 Å². The highest BCUT2D eigenvalue weighted by molar-refractivity contribution is 7.99. The van der Waals surface area contributed by atoms with E-state index in [1.54, 1.807) is 14.2 Å². The lowest BCUT2D eigenvalue weighted by atomic mass is 9.84. The average Bonchev–Trinajstić information content (AvgIpc) is 2.69. The third-order valence-corrected chi connectivity index (χ3v) is 6.06. The van der Waals surface area contributed by atoms with Gasteiger partial charge in [0, 0.05) is 31.3 Å². The molecule has 0 atom stereocenters. The first-order chi connectivity index (χ1) is 14.7. The number of esters is 2. The second-order valence-corrected chi connectivity index (χ2v) is 9.78. The van der Waals surface area contributed by atoms with Gasteiger partial charge in [-0.1, -0.05) is 32.9 Å². The number of phenols is 1. The highest BCUT2D eigenvalue weighted by Crippen LogP contribution is 2.36. The van der Waals surface area contributed by atoms with E-state index in [9.17, 15) is 14.7 Å². The number of hydrogen-bond acceptors (Lipinski definition) is 9. The molecule has 1 aromatic rings. The van der Waals surface area contributed by atoms with Crippen molar-refractivity contribution in [2.75, 3.05) is 52.2 Å². The van der Waals surface area contributed by atoms with Crippen LogP contribution >= 0.6 is 23.5 Å². The van der Waals surface area contributed by atoms with Gasteiger partial charge >= 0.3 is 11.9 Å².